The number of hydrogen-bond acceptors (Lipinski definition) is 8. The summed E-state index contributed by atoms with van der Waals surface area (Å²) in [6, 6.07) is 10.1. The lowest BCUT2D eigenvalue weighted by molar-refractivity contribution is -0.147. The third-order valence-corrected chi connectivity index (χ3v) is 5.15. The molecule has 8 heteroatoms. The maximum absolute atomic E-state index is 11.5. The minimum absolute atomic E-state index is 0.0282. The fourth-order valence-electron chi connectivity index (χ4n) is 3.48. The molecule has 0 unspecified atom stereocenters. The Kier molecular flexibility index (Phi) is 9.19. The summed E-state index contributed by atoms with van der Waals surface area (Å²) in [5, 5.41) is 19.8. The molecule has 2 aromatic rings. The maximum Gasteiger partial charge on any atom is 0.302 e. The number of aromatic hydroxyl groups is 2. The fourth-order valence-corrected chi connectivity index (χ4v) is 3.48. The van der Waals surface area contributed by atoms with E-state index in [0.717, 1.165) is 11.1 Å². The van der Waals surface area contributed by atoms with Crippen LogP contribution in [0.2, 0.25) is 0 Å². The third kappa shape index (κ3) is 7.37. The van der Waals surface area contributed by atoms with Crippen LogP contribution in [-0.4, -0.2) is 49.6 Å². The molecular weight excluding hydrogens is 416 g/mol. The molecule has 0 saturated heterocycles. The van der Waals surface area contributed by atoms with Gasteiger partial charge in [0.25, 0.3) is 0 Å². The van der Waals surface area contributed by atoms with Crippen molar-refractivity contribution < 1.29 is 38.7 Å². The van der Waals surface area contributed by atoms with Crippen LogP contribution in [0.15, 0.2) is 36.4 Å². The molecule has 0 aliphatic rings. The van der Waals surface area contributed by atoms with Crippen LogP contribution < -0.4 is 9.47 Å². The highest BCUT2D eigenvalue weighted by Gasteiger charge is 2.26. The molecule has 2 rings (SSSR count). The van der Waals surface area contributed by atoms with Gasteiger partial charge >= 0.3 is 11.9 Å². The van der Waals surface area contributed by atoms with Crippen LogP contribution in [0, 0.1) is 11.8 Å². The van der Waals surface area contributed by atoms with Crippen molar-refractivity contribution in [2.24, 2.45) is 11.8 Å². The Labute approximate surface area is 187 Å². The fraction of sp³-hybridized carbons (Fsp3) is 0.417. The second-order valence-corrected chi connectivity index (χ2v) is 7.55. The maximum atomic E-state index is 11.5. The van der Waals surface area contributed by atoms with E-state index in [4.69, 9.17) is 18.9 Å². The Hall–Kier alpha value is -3.42. The van der Waals surface area contributed by atoms with Gasteiger partial charge in [-0.1, -0.05) is 12.1 Å². The zero-order chi connectivity index (χ0) is 23.7. The zero-order valence-corrected chi connectivity index (χ0v) is 18.8. The van der Waals surface area contributed by atoms with E-state index < -0.39 is 11.9 Å². The van der Waals surface area contributed by atoms with Crippen molar-refractivity contribution in [2.75, 3.05) is 27.4 Å². The van der Waals surface area contributed by atoms with Crippen LogP contribution in [0.1, 0.15) is 25.0 Å². The predicted octanol–water partition coefficient (Wildman–Crippen LogP) is 3.26. The number of carbonyl (C=O) groups excluding carboxylic acids is 2. The lowest BCUT2D eigenvalue weighted by atomic mass is 9.83. The summed E-state index contributed by atoms with van der Waals surface area (Å²) in [5.41, 5.74) is 1.74. The molecule has 2 aromatic carbocycles. The van der Waals surface area contributed by atoms with Crippen LogP contribution in [0.4, 0.5) is 0 Å². The Balaban J connectivity index is 2.34. The summed E-state index contributed by atoms with van der Waals surface area (Å²) in [7, 11) is 2.94. The van der Waals surface area contributed by atoms with Crippen LogP contribution in [0.3, 0.4) is 0 Å². The van der Waals surface area contributed by atoms with Gasteiger partial charge in [-0.15, -0.1) is 0 Å². The highest BCUT2D eigenvalue weighted by atomic mass is 16.5. The van der Waals surface area contributed by atoms with Gasteiger partial charge in [0.05, 0.1) is 27.4 Å². The first-order valence-corrected chi connectivity index (χ1v) is 10.2. The Morgan fingerprint density at radius 3 is 1.44 bits per heavy atom. The molecule has 0 aliphatic carbocycles. The van der Waals surface area contributed by atoms with Gasteiger partial charge in [-0.3, -0.25) is 9.59 Å². The lowest BCUT2D eigenvalue weighted by Crippen LogP contribution is -2.29. The Bertz CT molecular complexity index is 849. The topological polar surface area (TPSA) is 112 Å². The quantitative estimate of drug-likeness (QED) is 0.506. The SMILES string of the molecule is COc1cc(C[C@@H](COC(C)=O)[C@@H](COC(C)=O)Cc2ccc(O)c(OC)c2)ccc1O. The average Bonchev–Trinajstić information content (AvgIpc) is 2.76. The molecule has 174 valence electrons. The molecule has 0 saturated carbocycles. The molecule has 2 atom stereocenters. The van der Waals surface area contributed by atoms with Crippen LogP contribution in [0.25, 0.3) is 0 Å². The van der Waals surface area contributed by atoms with Gasteiger partial charge in [0, 0.05) is 25.7 Å². The standard InChI is InChI=1S/C24H30O8/c1-15(25)31-13-19(9-17-5-7-21(27)23(11-17)29-3)20(14-32-16(2)26)10-18-6-8-22(28)24(12-18)30-4/h5-8,11-12,19-20,27-28H,9-10,13-14H2,1-4H3/t19-,20+. The molecule has 0 spiro atoms. The minimum atomic E-state index is -0.407. The van der Waals surface area contributed by atoms with Crippen molar-refractivity contribution >= 4 is 11.9 Å². The first kappa shape index (κ1) is 24.8. The molecule has 0 amide bonds. The number of hydrogen-bond donors (Lipinski definition) is 2. The Morgan fingerprint density at radius 1 is 0.750 bits per heavy atom. The first-order chi connectivity index (χ1) is 15.2. The second kappa shape index (κ2) is 11.8. The zero-order valence-electron chi connectivity index (χ0n) is 18.8. The van der Waals surface area contributed by atoms with Gasteiger partial charge < -0.3 is 29.2 Å². The van der Waals surface area contributed by atoms with E-state index in [9.17, 15) is 19.8 Å². The summed E-state index contributed by atoms with van der Waals surface area (Å²) in [6.07, 6.45) is 0.982. The van der Waals surface area contributed by atoms with Crippen LogP contribution in [0.5, 0.6) is 23.0 Å². The third-order valence-electron chi connectivity index (χ3n) is 5.15. The molecule has 0 radical (unpaired) electrons. The number of benzene rings is 2. The van der Waals surface area contributed by atoms with Gasteiger partial charge in [-0.25, -0.2) is 0 Å². The molecular formula is C24H30O8. The Morgan fingerprint density at radius 2 is 1.12 bits per heavy atom. The summed E-state index contributed by atoms with van der Waals surface area (Å²) < 4.78 is 21.0. The number of carbonyl (C=O) groups is 2. The smallest absolute Gasteiger partial charge is 0.302 e. The van der Waals surface area contributed by atoms with Gasteiger partial charge in [0.1, 0.15) is 0 Å². The summed E-state index contributed by atoms with van der Waals surface area (Å²) in [6.45, 7) is 2.93. The molecule has 2 N–H and O–H groups in total. The van der Waals surface area contributed by atoms with E-state index in [-0.39, 0.29) is 36.5 Å². The van der Waals surface area contributed by atoms with Crippen molar-refractivity contribution in [3.63, 3.8) is 0 Å². The van der Waals surface area contributed by atoms with Crippen molar-refractivity contribution in [2.45, 2.75) is 26.7 Å². The largest absolute Gasteiger partial charge is 0.504 e. The monoisotopic (exact) mass is 446 g/mol. The number of methoxy groups -OCH3 is 2. The molecule has 0 heterocycles. The molecule has 0 aromatic heterocycles. The van der Waals surface area contributed by atoms with E-state index in [1.165, 1.54) is 28.1 Å². The van der Waals surface area contributed by atoms with E-state index in [0.29, 0.717) is 24.3 Å². The average molecular weight is 446 g/mol. The van der Waals surface area contributed by atoms with Gasteiger partial charge in [-0.2, -0.15) is 0 Å². The summed E-state index contributed by atoms with van der Waals surface area (Å²) >= 11 is 0. The van der Waals surface area contributed by atoms with Gasteiger partial charge in [0.15, 0.2) is 23.0 Å². The molecule has 0 aliphatic heterocycles. The molecule has 8 nitrogen and oxygen atoms in total. The lowest BCUT2D eigenvalue weighted by Gasteiger charge is -2.27. The summed E-state index contributed by atoms with van der Waals surface area (Å²) in [4.78, 5) is 23.0. The first-order valence-electron chi connectivity index (χ1n) is 10.2. The molecule has 0 fully saturated rings. The van der Waals surface area contributed by atoms with E-state index in [1.807, 2.05) is 0 Å². The number of phenols is 2. The molecule has 32 heavy (non-hydrogen) atoms. The highest BCUT2D eigenvalue weighted by molar-refractivity contribution is 5.66. The predicted molar refractivity (Wildman–Crippen MR) is 117 cm³/mol. The summed E-state index contributed by atoms with van der Waals surface area (Å²) in [5.74, 6) is -0.478. The normalized spacial score (nSPS) is 12.5. The number of rotatable bonds is 11. The van der Waals surface area contributed by atoms with Crippen LogP contribution in [-0.2, 0) is 31.9 Å². The number of phenolic OH excluding ortho intramolecular Hbond substituents is 2. The minimum Gasteiger partial charge on any atom is -0.504 e. The van der Waals surface area contributed by atoms with Crippen molar-refractivity contribution in [3.05, 3.63) is 47.5 Å². The number of esters is 2. The van der Waals surface area contributed by atoms with E-state index in [1.54, 1.807) is 36.4 Å². The van der Waals surface area contributed by atoms with Gasteiger partial charge in [0.2, 0.25) is 0 Å². The van der Waals surface area contributed by atoms with Crippen molar-refractivity contribution in [1.82, 2.24) is 0 Å². The van der Waals surface area contributed by atoms with Gasteiger partial charge in [-0.05, 0) is 48.2 Å². The highest BCUT2D eigenvalue weighted by Crippen LogP contribution is 2.32. The molecule has 0 bridgehead atoms. The van der Waals surface area contributed by atoms with E-state index in [2.05, 4.69) is 0 Å². The van der Waals surface area contributed by atoms with E-state index >= 15 is 0 Å². The second-order valence-electron chi connectivity index (χ2n) is 7.55. The number of ether oxygens (including phenoxy) is 4. The van der Waals surface area contributed by atoms with Crippen molar-refractivity contribution in [1.29, 1.82) is 0 Å². The van der Waals surface area contributed by atoms with Crippen LogP contribution >= 0.6 is 0 Å². The van der Waals surface area contributed by atoms with Crippen molar-refractivity contribution in [3.8, 4) is 23.0 Å².